The zero-order chi connectivity index (χ0) is 13.8. The van der Waals surface area contributed by atoms with E-state index >= 15 is 0 Å². The first-order valence-corrected chi connectivity index (χ1v) is 6.85. The Labute approximate surface area is 118 Å². The molecule has 1 aliphatic rings. The maximum atomic E-state index is 12.0. The topological polar surface area (TPSA) is 61.8 Å². The molecule has 2 unspecified atom stereocenters. The number of fused-ring (bicyclic) bond motifs is 1. The lowest BCUT2D eigenvalue weighted by molar-refractivity contribution is -0.332. The SMILES string of the molecule is CCCC(=O)OOC1Oc2ccccc2C(=O)C1Br. The molecule has 2 atom stereocenters. The standard InChI is InChI=1S/C13H13BrO5/c1-2-5-10(15)18-19-13-11(14)12(16)8-6-3-4-7-9(8)17-13/h3-4,6-7,11,13H,2,5H2,1H3. The quantitative estimate of drug-likeness (QED) is 0.483. The predicted octanol–water partition coefficient (Wildman–Crippen LogP) is 2.63. The van der Waals surface area contributed by atoms with Gasteiger partial charge in [0.15, 0.2) is 5.78 Å². The first-order chi connectivity index (χ1) is 9.13. The van der Waals surface area contributed by atoms with Gasteiger partial charge in [-0.05, 0) is 18.6 Å². The molecular weight excluding hydrogens is 316 g/mol. The van der Waals surface area contributed by atoms with Crippen molar-refractivity contribution in [1.29, 1.82) is 0 Å². The highest BCUT2D eigenvalue weighted by Crippen LogP contribution is 2.31. The third-order valence-corrected chi connectivity index (χ3v) is 3.42. The highest BCUT2D eigenvalue weighted by Gasteiger charge is 2.37. The van der Waals surface area contributed by atoms with Gasteiger partial charge in [-0.2, -0.15) is 0 Å². The van der Waals surface area contributed by atoms with Gasteiger partial charge in [0.25, 0.3) is 6.29 Å². The average molecular weight is 329 g/mol. The summed E-state index contributed by atoms with van der Waals surface area (Å²) in [6.07, 6.45) is -0.0690. The maximum Gasteiger partial charge on any atom is 0.342 e. The van der Waals surface area contributed by atoms with Crippen LogP contribution < -0.4 is 4.74 Å². The van der Waals surface area contributed by atoms with Gasteiger partial charge < -0.3 is 4.74 Å². The van der Waals surface area contributed by atoms with Crippen molar-refractivity contribution in [3.05, 3.63) is 29.8 Å². The van der Waals surface area contributed by atoms with Crippen LogP contribution in [0.3, 0.4) is 0 Å². The second kappa shape index (κ2) is 6.16. The fourth-order valence-electron chi connectivity index (χ4n) is 1.65. The van der Waals surface area contributed by atoms with Crippen LogP contribution in [0.1, 0.15) is 30.1 Å². The number of carbonyl (C=O) groups is 2. The van der Waals surface area contributed by atoms with Crippen LogP contribution in [0.25, 0.3) is 0 Å². The maximum absolute atomic E-state index is 12.0. The Balaban J connectivity index is 2.04. The predicted molar refractivity (Wildman–Crippen MR) is 70.0 cm³/mol. The van der Waals surface area contributed by atoms with Crippen LogP contribution in [-0.2, 0) is 14.6 Å². The van der Waals surface area contributed by atoms with E-state index in [1.807, 2.05) is 6.92 Å². The van der Waals surface area contributed by atoms with Gasteiger partial charge in [0.05, 0.1) is 5.56 Å². The molecule has 1 heterocycles. The summed E-state index contributed by atoms with van der Waals surface area (Å²) >= 11 is 3.19. The molecule has 0 bridgehead atoms. The van der Waals surface area contributed by atoms with E-state index < -0.39 is 17.1 Å². The van der Waals surface area contributed by atoms with Crippen LogP contribution in [0.2, 0.25) is 0 Å². The van der Waals surface area contributed by atoms with Crippen molar-refractivity contribution in [3.63, 3.8) is 0 Å². The minimum Gasteiger partial charge on any atom is -0.459 e. The van der Waals surface area contributed by atoms with Crippen LogP contribution >= 0.6 is 15.9 Å². The number of carbonyl (C=O) groups excluding carboxylic acids is 2. The van der Waals surface area contributed by atoms with Crippen LogP contribution in [0.4, 0.5) is 0 Å². The van der Waals surface area contributed by atoms with Gasteiger partial charge in [-0.25, -0.2) is 4.79 Å². The Morgan fingerprint density at radius 3 is 2.89 bits per heavy atom. The van der Waals surface area contributed by atoms with Crippen molar-refractivity contribution >= 4 is 27.7 Å². The number of hydrogen-bond donors (Lipinski definition) is 0. The van der Waals surface area contributed by atoms with Gasteiger partial charge in [-0.15, -0.1) is 4.89 Å². The molecule has 0 aromatic heterocycles. The van der Waals surface area contributed by atoms with Crippen LogP contribution in [0.15, 0.2) is 24.3 Å². The van der Waals surface area contributed by atoms with E-state index in [1.54, 1.807) is 24.3 Å². The number of para-hydroxylation sites is 1. The Hall–Kier alpha value is -1.40. The van der Waals surface area contributed by atoms with Crippen LogP contribution in [-0.4, -0.2) is 22.9 Å². The Morgan fingerprint density at radius 2 is 2.16 bits per heavy atom. The van der Waals surface area contributed by atoms with Crippen molar-refractivity contribution in [1.82, 2.24) is 0 Å². The van der Waals surface area contributed by atoms with Crippen molar-refractivity contribution in [2.24, 2.45) is 0 Å². The number of hydrogen-bond acceptors (Lipinski definition) is 5. The van der Waals surface area contributed by atoms with E-state index in [4.69, 9.17) is 9.62 Å². The molecule has 0 amide bonds. The van der Waals surface area contributed by atoms with Gasteiger partial charge in [0, 0.05) is 6.42 Å². The summed E-state index contributed by atoms with van der Waals surface area (Å²) in [5.74, 6) is -0.241. The van der Waals surface area contributed by atoms with Crippen molar-refractivity contribution in [3.8, 4) is 5.75 Å². The Kier molecular flexibility index (Phi) is 4.55. The molecule has 0 saturated carbocycles. The largest absolute Gasteiger partial charge is 0.459 e. The minimum atomic E-state index is -0.983. The second-order valence-electron chi connectivity index (χ2n) is 4.05. The van der Waals surface area contributed by atoms with Gasteiger partial charge in [0.1, 0.15) is 10.6 Å². The van der Waals surface area contributed by atoms with E-state index in [0.717, 1.165) is 0 Å². The van der Waals surface area contributed by atoms with Crippen molar-refractivity contribution < 1.29 is 24.1 Å². The molecule has 19 heavy (non-hydrogen) atoms. The molecule has 0 spiro atoms. The lowest BCUT2D eigenvalue weighted by atomic mass is 10.0. The summed E-state index contributed by atoms with van der Waals surface area (Å²) < 4.78 is 5.48. The van der Waals surface area contributed by atoms with Crippen molar-refractivity contribution in [2.45, 2.75) is 30.9 Å². The Morgan fingerprint density at radius 1 is 1.42 bits per heavy atom. The Bertz CT molecular complexity index is 488. The summed E-state index contributed by atoms with van der Waals surface area (Å²) in [6, 6.07) is 6.84. The number of halogens is 1. The third-order valence-electron chi connectivity index (χ3n) is 2.58. The lowest BCUT2D eigenvalue weighted by Crippen LogP contribution is -2.40. The van der Waals surface area contributed by atoms with Gasteiger partial charge in [0.2, 0.25) is 0 Å². The molecule has 1 aliphatic heterocycles. The molecular formula is C13H13BrO5. The zero-order valence-corrected chi connectivity index (χ0v) is 11.9. The summed E-state index contributed by atoms with van der Waals surface area (Å²) in [5, 5.41) is 0. The van der Waals surface area contributed by atoms with Gasteiger partial charge in [-0.1, -0.05) is 35.0 Å². The number of ether oxygens (including phenoxy) is 1. The molecule has 2 rings (SSSR count). The van der Waals surface area contributed by atoms with E-state index in [2.05, 4.69) is 20.8 Å². The van der Waals surface area contributed by atoms with Crippen LogP contribution in [0, 0.1) is 0 Å². The summed E-state index contributed by atoms with van der Waals surface area (Å²) in [4.78, 5) is 32.1. The van der Waals surface area contributed by atoms with E-state index in [1.165, 1.54) is 0 Å². The molecule has 1 aromatic rings. The van der Waals surface area contributed by atoms with Gasteiger partial charge >= 0.3 is 5.97 Å². The summed E-state index contributed by atoms with van der Waals surface area (Å²) in [7, 11) is 0. The molecule has 0 N–H and O–H groups in total. The number of ketones is 1. The highest BCUT2D eigenvalue weighted by atomic mass is 79.9. The number of rotatable bonds is 4. The fraction of sp³-hybridized carbons (Fsp3) is 0.385. The number of alkyl halides is 1. The first kappa shape index (κ1) is 14.0. The summed E-state index contributed by atoms with van der Waals surface area (Å²) in [6.45, 7) is 1.85. The van der Waals surface area contributed by atoms with E-state index in [0.29, 0.717) is 17.7 Å². The number of Topliss-reactive ketones (excluding diaryl/α,β-unsaturated/α-hetero) is 1. The smallest absolute Gasteiger partial charge is 0.342 e. The second-order valence-corrected chi connectivity index (χ2v) is 5.04. The minimum absolute atomic E-state index is 0.168. The van der Waals surface area contributed by atoms with E-state index in [-0.39, 0.29) is 12.2 Å². The average Bonchev–Trinajstić information content (AvgIpc) is 2.42. The molecule has 0 saturated heterocycles. The molecule has 6 heteroatoms. The van der Waals surface area contributed by atoms with Crippen LogP contribution in [0.5, 0.6) is 5.75 Å². The van der Waals surface area contributed by atoms with E-state index in [9.17, 15) is 9.59 Å². The number of benzene rings is 1. The summed E-state index contributed by atoms with van der Waals surface area (Å²) in [5.41, 5.74) is 0.476. The zero-order valence-electron chi connectivity index (χ0n) is 10.3. The molecule has 102 valence electrons. The molecule has 5 nitrogen and oxygen atoms in total. The lowest BCUT2D eigenvalue weighted by Gasteiger charge is -2.27. The third kappa shape index (κ3) is 3.13. The molecule has 0 aliphatic carbocycles. The van der Waals surface area contributed by atoms with Gasteiger partial charge in [-0.3, -0.25) is 9.68 Å². The fourth-order valence-corrected chi connectivity index (χ4v) is 2.09. The highest BCUT2D eigenvalue weighted by molar-refractivity contribution is 9.10. The first-order valence-electron chi connectivity index (χ1n) is 5.93. The molecule has 0 radical (unpaired) electrons. The molecule has 1 aromatic carbocycles. The normalized spacial score (nSPS) is 21.5. The molecule has 0 fully saturated rings. The monoisotopic (exact) mass is 328 g/mol. The van der Waals surface area contributed by atoms with Crippen molar-refractivity contribution in [2.75, 3.05) is 0 Å².